The van der Waals surface area contributed by atoms with Crippen LogP contribution in [0.3, 0.4) is 0 Å². The summed E-state index contributed by atoms with van der Waals surface area (Å²) < 4.78 is 11.8. The number of amides is 1. The van der Waals surface area contributed by atoms with Crippen molar-refractivity contribution in [2.24, 2.45) is 5.73 Å². The third kappa shape index (κ3) is 2.13. The highest BCUT2D eigenvalue weighted by molar-refractivity contribution is 7.21. The summed E-state index contributed by atoms with van der Waals surface area (Å²) in [6.07, 6.45) is 0.875. The van der Waals surface area contributed by atoms with E-state index in [-0.39, 0.29) is 0 Å². The molecule has 5 heteroatoms. The molecule has 1 amide bonds. The van der Waals surface area contributed by atoms with Gasteiger partial charge in [-0.05, 0) is 18.6 Å². The van der Waals surface area contributed by atoms with Crippen LogP contribution in [-0.4, -0.2) is 19.6 Å². The standard InChI is InChI=1S/C13H15NO3S/c1-3-7-17-10-8-5-4-6-9(16-2)11(8)18-12(10)13(14)15/h4-6H,3,7H2,1-2H3,(H2,14,15). The number of primary amides is 1. The molecule has 0 fully saturated rings. The van der Waals surface area contributed by atoms with Gasteiger partial charge in [0.15, 0.2) is 5.75 Å². The van der Waals surface area contributed by atoms with Gasteiger partial charge in [0.1, 0.15) is 10.6 Å². The van der Waals surface area contributed by atoms with Crippen molar-refractivity contribution < 1.29 is 14.3 Å². The first-order chi connectivity index (χ1) is 8.69. The first kappa shape index (κ1) is 12.7. The lowest BCUT2D eigenvalue weighted by Crippen LogP contribution is -2.10. The molecule has 0 spiro atoms. The third-order valence-electron chi connectivity index (χ3n) is 2.53. The fourth-order valence-electron chi connectivity index (χ4n) is 1.74. The van der Waals surface area contributed by atoms with Crippen LogP contribution in [0, 0.1) is 0 Å². The molecule has 2 rings (SSSR count). The summed E-state index contributed by atoms with van der Waals surface area (Å²) in [6, 6.07) is 5.64. The fraction of sp³-hybridized carbons (Fsp3) is 0.308. The van der Waals surface area contributed by atoms with Gasteiger partial charge in [-0.1, -0.05) is 13.0 Å². The van der Waals surface area contributed by atoms with Crippen molar-refractivity contribution in [3.05, 3.63) is 23.1 Å². The number of fused-ring (bicyclic) bond motifs is 1. The van der Waals surface area contributed by atoms with Crippen molar-refractivity contribution in [1.82, 2.24) is 0 Å². The number of nitrogens with two attached hydrogens (primary N) is 1. The minimum Gasteiger partial charge on any atom is -0.495 e. The van der Waals surface area contributed by atoms with Crippen LogP contribution in [0.15, 0.2) is 18.2 Å². The van der Waals surface area contributed by atoms with Crippen LogP contribution in [0.1, 0.15) is 23.0 Å². The summed E-state index contributed by atoms with van der Waals surface area (Å²) in [4.78, 5) is 11.9. The first-order valence-electron chi connectivity index (χ1n) is 5.71. The van der Waals surface area contributed by atoms with Gasteiger partial charge in [-0.2, -0.15) is 0 Å². The maximum absolute atomic E-state index is 11.5. The molecular formula is C13H15NO3S. The fourth-order valence-corrected chi connectivity index (χ4v) is 2.83. The molecule has 2 N–H and O–H groups in total. The molecule has 96 valence electrons. The molecule has 1 aromatic heterocycles. The number of thiophene rings is 1. The summed E-state index contributed by atoms with van der Waals surface area (Å²) in [5.41, 5.74) is 5.39. The van der Waals surface area contributed by atoms with E-state index in [0.29, 0.717) is 17.2 Å². The van der Waals surface area contributed by atoms with Crippen LogP contribution in [0.4, 0.5) is 0 Å². The summed E-state index contributed by atoms with van der Waals surface area (Å²) in [5, 5.41) is 0.876. The molecule has 18 heavy (non-hydrogen) atoms. The van der Waals surface area contributed by atoms with Crippen LogP contribution < -0.4 is 15.2 Å². The van der Waals surface area contributed by atoms with Crippen LogP contribution in [0.5, 0.6) is 11.5 Å². The molecule has 0 saturated heterocycles. The third-order valence-corrected chi connectivity index (χ3v) is 3.74. The van der Waals surface area contributed by atoms with E-state index in [4.69, 9.17) is 15.2 Å². The highest BCUT2D eigenvalue weighted by atomic mass is 32.1. The predicted molar refractivity (Wildman–Crippen MR) is 72.7 cm³/mol. The predicted octanol–water partition coefficient (Wildman–Crippen LogP) is 2.80. The maximum Gasteiger partial charge on any atom is 0.262 e. The zero-order valence-corrected chi connectivity index (χ0v) is 11.2. The van der Waals surface area contributed by atoms with E-state index >= 15 is 0 Å². The molecule has 1 heterocycles. The lowest BCUT2D eigenvalue weighted by atomic mass is 10.2. The van der Waals surface area contributed by atoms with Crippen molar-refractivity contribution >= 4 is 27.3 Å². The SMILES string of the molecule is CCCOc1c(C(N)=O)sc2c(OC)cccc12. The van der Waals surface area contributed by atoms with Gasteiger partial charge in [-0.3, -0.25) is 4.79 Å². The van der Waals surface area contributed by atoms with Crippen LogP contribution in [0.2, 0.25) is 0 Å². The van der Waals surface area contributed by atoms with Crippen LogP contribution >= 0.6 is 11.3 Å². The number of hydrogen-bond donors (Lipinski definition) is 1. The van der Waals surface area contributed by atoms with Gasteiger partial charge >= 0.3 is 0 Å². The lowest BCUT2D eigenvalue weighted by molar-refractivity contribution is 0.100. The molecule has 0 radical (unpaired) electrons. The van der Waals surface area contributed by atoms with Gasteiger partial charge in [0.2, 0.25) is 0 Å². The number of methoxy groups -OCH3 is 1. The van der Waals surface area contributed by atoms with E-state index in [1.807, 2.05) is 25.1 Å². The van der Waals surface area contributed by atoms with Gasteiger partial charge in [0.25, 0.3) is 5.91 Å². The van der Waals surface area contributed by atoms with Crippen molar-refractivity contribution in [2.45, 2.75) is 13.3 Å². The molecule has 0 aliphatic heterocycles. The van der Waals surface area contributed by atoms with Crippen molar-refractivity contribution in [3.63, 3.8) is 0 Å². The monoisotopic (exact) mass is 265 g/mol. The minimum absolute atomic E-state index is 0.447. The molecule has 1 aromatic carbocycles. The largest absolute Gasteiger partial charge is 0.495 e. The average molecular weight is 265 g/mol. The Balaban J connectivity index is 2.63. The average Bonchev–Trinajstić information content (AvgIpc) is 2.75. The Kier molecular flexibility index (Phi) is 3.72. The quantitative estimate of drug-likeness (QED) is 0.904. The Morgan fingerprint density at radius 1 is 1.44 bits per heavy atom. The molecular weight excluding hydrogens is 250 g/mol. The van der Waals surface area contributed by atoms with Gasteiger partial charge in [0.05, 0.1) is 18.4 Å². The van der Waals surface area contributed by atoms with E-state index in [0.717, 1.165) is 22.3 Å². The molecule has 0 atom stereocenters. The summed E-state index contributed by atoms with van der Waals surface area (Å²) in [5.74, 6) is 0.832. The maximum atomic E-state index is 11.5. The van der Waals surface area contributed by atoms with Crippen molar-refractivity contribution in [1.29, 1.82) is 0 Å². The zero-order valence-electron chi connectivity index (χ0n) is 10.4. The summed E-state index contributed by atoms with van der Waals surface area (Å²) in [7, 11) is 1.60. The van der Waals surface area contributed by atoms with E-state index in [1.54, 1.807) is 7.11 Å². The molecule has 0 saturated carbocycles. The smallest absolute Gasteiger partial charge is 0.262 e. The van der Waals surface area contributed by atoms with Crippen LogP contribution in [-0.2, 0) is 0 Å². The highest BCUT2D eigenvalue weighted by Gasteiger charge is 2.19. The minimum atomic E-state index is -0.468. The lowest BCUT2D eigenvalue weighted by Gasteiger charge is -2.05. The Labute approximate surface area is 109 Å². The number of carbonyl (C=O) groups excluding carboxylic acids is 1. The molecule has 4 nitrogen and oxygen atoms in total. The molecule has 0 unspecified atom stereocenters. The zero-order chi connectivity index (χ0) is 13.1. The van der Waals surface area contributed by atoms with E-state index in [1.165, 1.54) is 11.3 Å². The number of benzene rings is 1. The Bertz CT molecular complexity index is 577. The second kappa shape index (κ2) is 5.27. The second-order valence-corrected chi connectivity index (χ2v) is 4.83. The molecule has 2 aromatic rings. The normalized spacial score (nSPS) is 10.6. The Morgan fingerprint density at radius 3 is 2.83 bits per heavy atom. The Morgan fingerprint density at radius 2 is 2.22 bits per heavy atom. The summed E-state index contributed by atoms with van der Waals surface area (Å²) in [6.45, 7) is 2.57. The topological polar surface area (TPSA) is 61.5 Å². The first-order valence-corrected chi connectivity index (χ1v) is 6.52. The van der Waals surface area contributed by atoms with Gasteiger partial charge in [-0.25, -0.2) is 0 Å². The number of hydrogen-bond acceptors (Lipinski definition) is 4. The van der Waals surface area contributed by atoms with Gasteiger partial charge in [-0.15, -0.1) is 11.3 Å². The van der Waals surface area contributed by atoms with Gasteiger partial charge < -0.3 is 15.2 Å². The Hall–Kier alpha value is -1.75. The van der Waals surface area contributed by atoms with E-state index in [2.05, 4.69) is 0 Å². The second-order valence-electron chi connectivity index (χ2n) is 3.81. The van der Waals surface area contributed by atoms with E-state index < -0.39 is 5.91 Å². The molecule has 0 bridgehead atoms. The molecule has 0 aliphatic carbocycles. The van der Waals surface area contributed by atoms with E-state index in [9.17, 15) is 4.79 Å². The number of rotatable bonds is 5. The number of carbonyl (C=O) groups is 1. The highest BCUT2D eigenvalue weighted by Crippen LogP contribution is 2.42. The van der Waals surface area contributed by atoms with Crippen molar-refractivity contribution in [2.75, 3.05) is 13.7 Å². The van der Waals surface area contributed by atoms with Gasteiger partial charge in [0, 0.05) is 5.39 Å². The van der Waals surface area contributed by atoms with Crippen molar-refractivity contribution in [3.8, 4) is 11.5 Å². The summed E-state index contributed by atoms with van der Waals surface area (Å²) >= 11 is 1.31. The molecule has 0 aliphatic rings. The van der Waals surface area contributed by atoms with Crippen LogP contribution in [0.25, 0.3) is 10.1 Å². The number of ether oxygens (including phenoxy) is 2.